The number of hydrogen-bond acceptors (Lipinski definition) is 5. The maximum Gasteiger partial charge on any atom is 0.154 e. The Balaban J connectivity index is 1.80. The third-order valence-electron chi connectivity index (χ3n) is 3.99. The van der Waals surface area contributed by atoms with Gasteiger partial charge >= 0.3 is 0 Å². The molecule has 0 bridgehead atoms. The Morgan fingerprint density at radius 2 is 1.81 bits per heavy atom. The van der Waals surface area contributed by atoms with Gasteiger partial charge in [-0.1, -0.05) is 18.2 Å². The molecule has 26 heavy (non-hydrogen) atoms. The van der Waals surface area contributed by atoms with Crippen LogP contribution in [0.25, 0.3) is 28.2 Å². The lowest BCUT2D eigenvalue weighted by atomic mass is 10.1. The van der Waals surface area contributed by atoms with E-state index in [9.17, 15) is 8.42 Å². The fraction of sp³-hybridized carbons (Fsp3) is 0.105. The van der Waals surface area contributed by atoms with Gasteiger partial charge in [-0.2, -0.15) is 5.10 Å². The summed E-state index contributed by atoms with van der Waals surface area (Å²) < 4.78 is 24.9. The third kappa shape index (κ3) is 3.34. The van der Waals surface area contributed by atoms with Crippen molar-refractivity contribution in [3.63, 3.8) is 0 Å². The van der Waals surface area contributed by atoms with Gasteiger partial charge in [0.2, 0.25) is 0 Å². The van der Waals surface area contributed by atoms with E-state index in [1.165, 1.54) is 6.26 Å². The van der Waals surface area contributed by atoms with Crippen molar-refractivity contribution in [2.24, 2.45) is 0 Å². The van der Waals surface area contributed by atoms with Crippen LogP contribution < -0.4 is 0 Å². The average molecular weight is 364 g/mol. The van der Waals surface area contributed by atoms with Crippen molar-refractivity contribution < 1.29 is 8.42 Å². The van der Waals surface area contributed by atoms with E-state index in [0.29, 0.717) is 0 Å². The number of nitrogens with zero attached hydrogens (tertiary/aromatic N) is 4. The second kappa shape index (κ2) is 6.34. The molecule has 0 radical (unpaired) electrons. The average Bonchev–Trinajstić information content (AvgIpc) is 3.04. The Hall–Kier alpha value is -3.06. The molecule has 0 fully saturated rings. The second-order valence-corrected chi connectivity index (χ2v) is 8.28. The first kappa shape index (κ1) is 16.4. The summed E-state index contributed by atoms with van der Waals surface area (Å²) in [6, 6.07) is 15.0. The van der Waals surface area contributed by atoms with Crippen LogP contribution >= 0.6 is 0 Å². The number of fused-ring (bicyclic) bond motifs is 1. The smallest absolute Gasteiger partial charge is 0.154 e. The summed E-state index contributed by atoms with van der Waals surface area (Å²) in [4.78, 5) is 8.44. The van der Waals surface area contributed by atoms with Crippen LogP contribution in [0.3, 0.4) is 0 Å². The van der Waals surface area contributed by atoms with Gasteiger partial charge in [0, 0.05) is 29.8 Å². The normalized spacial score (nSPS) is 11.7. The summed E-state index contributed by atoms with van der Waals surface area (Å²) in [5.74, 6) is 0.0103. The molecule has 0 saturated heterocycles. The molecule has 0 atom stereocenters. The Morgan fingerprint density at radius 3 is 2.58 bits per heavy atom. The number of sulfone groups is 1. The molecule has 0 aliphatic carbocycles. The van der Waals surface area contributed by atoms with E-state index in [1.807, 2.05) is 48.5 Å². The van der Waals surface area contributed by atoms with Crippen molar-refractivity contribution in [3.05, 3.63) is 72.7 Å². The van der Waals surface area contributed by atoms with Crippen LogP contribution in [0.5, 0.6) is 0 Å². The quantitative estimate of drug-likeness (QED) is 0.556. The second-order valence-electron chi connectivity index (χ2n) is 6.14. The van der Waals surface area contributed by atoms with Crippen LogP contribution in [0.15, 0.2) is 67.1 Å². The number of aromatic nitrogens is 4. The molecule has 3 aromatic heterocycles. The molecule has 0 N–H and O–H groups in total. The van der Waals surface area contributed by atoms with Crippen molar-refractivity contribution >= 4 is 15.5 Å². The SMILES string of the molecule is CS(=O)(=O)Cc1cccc(-c2ccc3ncc(-c4ccncc4)n3n2)c1. The van der Waals surface area contributed by atoms with Gasteiger partial charge in [0.15, 0.2) is 15.5 Å². The first-order valence-corrected chi connectivity index (χ1v) is 10.1. The molecular formula is C19H16N4O2S. The van der Waals surface area contributed by atoms with Gasteiger partial charge in [0.25, 0.3) is 0 Å². The first-order valence-electron chi connectivity index (χ1n) is 8.02. The van der Waals surface area contributed by atoms with Gasteiger partial charge in [-0.25, -0.2) is 17.9 Å². The maximum absolute atomic E-state index is 11.6. The summed E-state index contributed by atoms with van der Waals surface area (Å²) in [6.07, 6.45) is 6.47. The molecule has 3 heterocycles. The van der Waals surface area contributed by atoms with Crippen LogP contribution in [0.4, 0.5) is 0 Å². The molecule has 0 aliphatic heterocycles. The van der Waals surface area contributed by atoms with E-state index in [-0.39, 0.29) is 5.75 Å². The van der Waals surface area contributed by atoms with Crippen molar-refractivity contribution in [2.45, 2.75) is 5.75 Å². The molecule has 130 valence electrons. The molecular weight excluding hydrogens is 348 g/mol. The minimum absolute atomic E-state index is 0.0103. The fourth-order valence-corrected chi connectivity index (χ4v) is 3.66. The van der Waals surface area contributed by atoms with Crippen molar-refractivity contribution in [1.29, 1.82) is 0 Å². The van der Waals surface area contributed by atoms with Gasteiger partial charge in [-0.15, -0.1) is 0 Å². The van der Waals surface area contributed by atoms with E-state index in [2.05, 4.69) is 9.97 Å². The van der Waals surface area contributed by atoms with E-state index in [4.69, 9.17) is 5.10 Å². The predicted molar refractivity (Wildman–Crippen MR) is 100 cm³/mol. The predicted octanol–water partition coefficient (Wildman–Crippen LogP) is 3.00. The summed E-state index contributed by atoms with van der Waals surface area (Å²) >= 11 is 0. The molecule has 0 unspecified atom stereocenters. The van der Waals surface area contributed by atoms with E-state index >= 15 is 0 Å². The lowest BCUT2D eigenvalue weighted by Gasteiger charge is -2.06. The van der Waals surface area contributed by atoms with Crippen LogP contribution in [-0.2, 0) is 15.6 Å². The number of pyridine rings is 1. The minimum atomic E-state index is -3.09. The van der Waals surface area contributed by atoms with Gasteiger partial charge in [0.05, 0.1) is 23.3 Å². The van der Waals surface area contributed by atoms with Gasteiger partial charge in [0.1, 0.15) is 0 Å². The Bertz CT molecular complexity index is 1180. The van der Waals surface area contributed by atoms with Crippen LogP contribution in [-0.4, -0.2) is 34.3 Å². The zero-order chi connectivity index (χ0) is 18.1. The highest BCUT2D eigenvalue weighted by molar-refractivity contribution is 7.89. The standard InChI is InChI=1S/C19H16N4O2S/c1-26(24,25)13-14-3-2-4-16(11-14)17-5-6-19-21-12-18(23(19)22-17)15-7-9-20-10-8-15/h2-12H,13H2,1H3. The fourth-order valence-electron chi connectivity index (χ4n) is 2.87. The van der Waals surface area contributed by atoms with Crippen LogP contribution in [0.2, 0.25) is 0 Å². The Morgan fingerprint density at radius 1 is 1.00 bits per heavy atom. The monoisotopic (exact) mass is 364 g/mol. The molecule has 0 saturated carbocycles. The number of benzene rings is 1. The zero-order valence-corrected chi connectivity index (χ0v) is 14.9. The lowest BCUT2D eigenvalue weighted by molar-refractivity contribution is 0.601. The van der Waals surface area contributed by atoms with E-state index < -0.39 is 9.84 Å². The highest BCUT2D eigenvalue weighted by Crippen LogP contribution is 2.23. The molecule has 4 rings (SSSR count). The third-order valence-corrected chi connectivity index (χ3v) is 4.85. The zero-order valence-electron chi connectivity index (χ0n) is 14.1. The topological polar surface area (TPSA) is 77.2 Å². The summed E-state index contributed by atoms with van der Waals surface area (Å²) in [6.45, 7) is 0. The number of hydrogen-bond donors (Lipinski definition) is 0. The van der Waals surface area contributed by atoms with Crippen molar-refractivity contribution in [3.8, 4) is 22.5 Å². The Labute approximate surface area is 151 Å². The van der Waals surface area contributed by atoms with Gasteiger partial charge in [-0.05, 0) is 35.9 Å². The van der Waals surface area contributed by atoms with Crippen molar-refractivity contribution in [2.75, 3.05) is 6.26 Å². The number of imidazole rings is 1. The minimum Gasteiger partial charge on any atom is -0.265 e. The molecule has 1 aromatic carbocycles. The van der Waals surface area contributed by atoms with Crippen molar-refractivity contribution in [1.82, 2.24) is 19.6 Å². The summed E-state index contributed by atoms with van der Waals surface area (Å²) in [7, 11) is -3.09. The highest BCUT2D eigenvalue weighted by Gasteiger charge is 2.10. The van der Waals surface area contributed by atoms with Gasteiger partial charge < -0.3 is 0 Å². The summed E-state index contributed by atoms with van der Waals surface area (Å²) in [5, 5.41) is 4.70. The number of rotatable bonds is 4. The lowest BCUT2D eigenvalue weighted by Crippen LogP contribution is -2.01. The molecule has 0 spiro atoms. The molecule has 4 aromatic rings. The molecule has 0 amide bonds. The van der Waals surface area contributed by atoms with Gasteiger partial charge in [-0.3, -0.25) is 4.98 Å². The molecule has 0 aliphatic rings. The Kier molecular flexibility index (Phi) is 4.00. The first-order chi connectivity index (χ1) is 12.5. The molecule has 7 heteroatoms. The highest BCUT2D eigenvalue weighted by atomic mass is 32.2. The van der Waals surface area contributed by atoms with Crippen LogP contribution in [0, 0.1) is 0 Å². The molecule has 6 nitrogen and oxygen atoms in total. The van der Waals surface area contributed by atoms with E-state index in [1.54, 1.807) is 23.1 Å². The largest absolute Gasteiger partial charge is 0.265 e. The summed E-state index contributed by atoms with van der Waals surface area (Å²) in [5.41, 5.74) is 4.95. The van der Waals surface area contributed by atoms with E-state index in [0.717, 1.165) is 33.7 Å². The maximum atomic E-state index is 11.6. The van der Waals surface area contributed by atoms with Crippen LogP contribution in [0.1, 0.15) is 5.56 Å².